The van der Waals surface area contributed by atoms with Crippen LogP contribution in [0.1, 0.15) is 6.92 Å². The summed E-state index contributed by atoms with van der Waals surface area (Å²) < 4.78 is 18.5. The lowest BCUT2D eigenvalue weighted by Gasteiger charge is -2.11. The Balaban J connectivity index is 1.96. The van der Waals surface area contributed by atoms with E-state index in [4.69, 9.17) is 4.74 Å². The molecular formula is C15H15FN2O2S. The molecule has 110 valence electrons. The van der Waals surface area contributed by atoms with E-state index in [2.05, 4.69) is 10.3 Å². The van der Waals surface area contributed by atoms with Crippen LogP contribution in [0.15, 0.2) is 47.6 Å². The van der Waals surface area contributed by atoms with Gasteiger partial charge in [0.25, 0.3) is 0 Å². The number of nitrogens with zero attached hydrogens (tertiary/aromatic N) is 1. The van der Waals surface area contributed by atoms with Gasteiger partial charge in [0.1, 0.15) is 11.6 Å². The molecule has 1 aromatic heterocycles. The molecule has 0 bridgehead atoms. The van der Waals surface area contributed by atoms with Crippen LogP contribution in [0.3, 0.4) is 0 Å². The third-order valence-electron chi connectivity index (χ3n) is 2.54. The number of hydrogen-bond donors (Lipinski definition) is 1. The molecule has 6 heteroatoms. The number of ether oxygens (including phenoxy) is 1. The van der Waals surface area contributed by atoms with Crippen molar-refractivity contribution in [2.75, 3.05) is 17.7 Å². The first kappa shape index (κ1) is 15.3. The maximum Gasteiger partial charge on any atom is 0.234 e. The number of carbonyl (C=O) groups is 1. The number of nitrogens with one attached hydrogen (secondary N) is 1. The monoisotopic (exact) mass is 306 g/mol. The van der Waals surface area contributed by atoms with Crippen LogP contribution in [0, 0.1) is 5.82 Å². The van der Waals surface area contributed by atoms with Crippen molar-refractivity contribution in [2.45, 2.75) is 11.8 Å². The molecule has 4 nitrogen and oxygen atoms in total. The molecule has 0 fully saturated rings. The van der Waals surface area contributed by atoms with Gasteiger partial charge in [-0.05, 0) is 31.2 Å². The zero-order valence-electron chi connectivity index (χ0n) is 11.5. The van der Waals surface area contributed by atoms with Crippen molar-refractivity contribution in [3.8, 4) is 5.75 Å². The molecule has 21 heavy (non-hydrogen) atoms. The number of pyridine rings is 1. The van der Waals surface area contributed by atoms with Crippen LogP contribution in [0.4, 0.5) is 10.1 Å². The zero-order valence-corrected chi connectivity index (χ0v) is 12.3. The van der Waals surface area contributed by atoms with Gasteiger partial charge in [0.05, 0.1) is 18.0 Å². The fourth-order valence-corrected chi connectivity index (χ4v) is 2.33. The normalized spacial score (nSPS) is 10.2. The summed E-state index contributed by atoms with van der Waals surface area (Å²) in [7, 11) is 0. The van der Waals surface area contributed by atoms with Crippen LogP contribution >= 0.6 is 11.8 Å². The molecule has 2 rings (SSSR count). The lowest BCUT2D eigenvalue weighted by molar-refractivity contribution is -0.113. The molecule has 1 N–H and O–H groups in total. The van der Waals surface area contributed by atoms with Gasteiger partial charge in [-0.15, -0.1) is 11.8 Å². The van der Waals surface area contributed by atoms with Gasteiger partial charge in [-0.3, -0.25) is 9.78 Å². The Labute approximate surface area is 126 Å². The Morgan fingerprint density at radius 2 is 2.10 bits per heavy atom. The van der Waals surface area contributed by atoms with Crippen molar-refractivity contribution in [1.29, 1.82) is 0 Å². The Hall–Kier alpha value is -2.08. The van der Waals surface area contributed by atoms with Crippen LogP contribution < -0.4 is 10.1 Å². The van der Waals surface area contributed by atoms with Crippen LogP contribution in [0.2, 0.25) is 0 Å². The average Bonchev–Trinajstić information content (AvgIpc) is 2.49. The van der Waals surface area contributed by atoms with Crippen molar-refractivity contribution in [1.82, 2.24) is 4.98 Å². The summed E-state index contributed by atoms with van der Waals surface area (Å²) in [5.41, 5.74) is 0.471. The molecule has 0 aliphatic rings. The van der Waals surface area contributed by atoms with Crippen molar-refractivity contribution in [2.24, 2.45) is 0 Å². The second kappa shape index (κ2) is 7.64. The average molecular weight is 306 g/mol. The highest BCUT2D eigenvalue weighted by molar-refractivity contribution is 8.00. The first-order valence-corrected chi connectivity index (χ1v) is 7.42. The van der Waals surface area contributed by atoms with E-state index in [0.717, 1.165) is 4.90 Å². The predicted molar refractivity (Wildman–Crippen MR) is 81.2 cm³/mol. The van der Waals surface area contributed by atoms with E-state index in [-0.39, 0.29) is 11.7 Å². The number of hydrogen-bond acceptors (Lipinski definition) is 4. The molecule has 0 spiro atoms. The third-order valence-corrected chi connectivity index (χ3v) is 3.55. The molecule has 0 atom stereocenters. The first-order chi connectivity index (χ1) is 10.2. The third kappa shape index (κ3) is 4.75. The number of carbonyl (C=O) groups excluding carboxylic acids is 1. The molecule has 2 aromatic rings. The number of rotatable bonds is 6. The topological polar surface area (TPSA) is 51.2 Å². The summed E-state index contributed by atoms with van der Waals surface area (Å²) >= 11 is 1.40. The number of anilines is 1. The highest BCUT2D eigenvalue weighted by Gasteiger charge is 2.09. The number of thioether (sulfide) groups is 1. The number of amides is 1. The van der Waals surface area contributed by atoms with Crippen molar-refractivity contribution >= 4 is 23.4 Å². The molecule has 1 heterocycles. The van der Waals surface area contributed by atoms with Gasteiger partial charge < -0.3 is 10.1 Å². The molecule has 0 aliphatic carbocycles. The van der Waals surface area contributed by atoms with Crippen LogP contribution in [0.5, 0.6) is 5.75 Å². The van der Waals surface area contributed by atoms with Crippen molar-refractivity contribution in [3.63, 3.8) is 0 Å². The van der Waals surface area contributed by atoms with Gasteiger partial charge in [0.2, 0.25) is 5.91 Å². The van der Waals surface area contributed by atoms with E-state index in [9.17, 15) is 9.18 Å². The van der Waals surface area contributed by atoms with E-state index in [1.165, 1.54) is 30.0 Å². The molecule has 1 amide bonds. The van der Waals surface area contributed by atoms with Crippen LogP contribution in [-0.4, -0.2) is 23.3 Å². The van der Waals surface area contributed by atoms with Gasteiger partial charge >= 0.3 is 0 Å². The van der Waals surface area contributed by atoms with E-state index in [1.807, 2.05) is 12.1 Å². The van der Waals surface area contributed by atoms with Gasteiger partial charge in [-0.2, -0.15) is 0 Å². The summed E-state index contributed by atoms with van der Waals surface area (Å²) in [6, 6.07) is 7.71. The Kier molecular flexibility index (Phi) is 5.57. The molecule has 0 aliphatic heterocycles. The van der Waals surface area contributed by atoms with Crippen molar-refractivity contribution < 1.29 is 13.9 Å². The maximum atomic E-state index is 13.2. The molecule has 0 saturated heterocycles. The summed E-state index contributed by atoms with van der Waals surface area (Å²) in [6.07, 6.45) is 3.35. The van der Waals surface area contributed by atoms with Gasteiger partial charge in [-0.25, -0.2) is 4.39 Å². The zero-order chi connectivity index (χ0) is 15.1. The lowest BCUT2D eigenvalue weighted by atomic mass is 10.3. The number of halogens is 1. The minimum Gasteiger partial charge on any atom is -0.492 e. The highest BCUT2D eigenvalue weighted by atomic mass is 32.2. The summed E-state index contributed by atoms with van der Waals surface area (Å²) in [5, 5.41) is 2.73. The quantitative estimate of drug-likeness (QED) is 0.832. The van der Waals surface area contributed by atoms with E-state index < -0.39 is 5.82 Å². The maximum absolute atomic E-state index is 13.2. The minimum atomic E-state index is -0.400. The summed E-state index contributed by atoms with van der Waals surface area (Å²) in [5.74, 6) is 0.0131. The van der Waals surface area contributed by atoms with E-state index >= 15 is 0 Å². The molecule has 0 saturated carbocycles. The Bertz CT molecular complexity index is 608. The molecule has 0 unspecified atom stereocenters. The Morgan fingerprint density at radius 1 is 1.33 bits per heavy atom. The van der Waals surface area contributed by atoms with Crippen LogP contribution in [0.25, 0.3) is 0 Å². The number of aromatic nitrogens is 1. The highest BCUT2D eigenvalue weighted by Crippen LogP contribution is 2.26. The first-order valence-electron chi connectivity index (χ1n) is 6.44. The largest absolute Gasteiger partial charge is 0.492 e. The number of benzene rings is 1. The van der Waals surface area contributed by atoms with E-state index in [0.29, 0.717) is 18.0 Å². The van der Waals surface area contributed by atoms with Crippen LogP contribution in [-0.2, 0) is 4.79 Å². The summed E-state index contributed by atoms with van der Waals surface area (Å²) in [4.78, 5) is 16.8. The SMILES string of the molecule is CCOc1cc(F)ccc1NC(=O)CSc1ccncc1. The second-order valence-electron chi connectivity index (χ2n) is 4.09. The molecular weight excluding hydrogens is 291 g/mol. The predicted octanol–water partition coefficient (Wildman–Crippen LogP) is 3.35. The van der Waals surface area contributed by atoms with Gasteiger partial charge in [0.15, 0.2) is 0 Å². The second-order valence-corrected chi connectivity index (χ2v) is 5.14. The smallest absolute Gasteiger partial charge is 0.234 e. The fraction of sp³-hybridized carbons (Fsp3) is 0.200. The standard InChI is InChI=1S/C15H15FN2O2S/c1-2-20-14-9-11(16)3-4-13(14)18-15(19)10-21-12-5-7-17-8-6-12/h3-9H,2,10H2,1H3,(H,18,19). The van der Waals surface area contributed by atoms with E-state index in [1.54, 1.807) is 19.3 Å². The Morgan fingerprint density at radius 3 is 2.81 bits per heavy atom. The lowest BCUT2D eigenvalue weighted by Crippen LogP contribution is -2.15. The van der Waals surface area contributed by atoms with Gasteiger partial charge in [-0.1, -0.05) is 0 Å². The molecule has 1 aromatic carbocycles. The van der Waals surface area contributed by atoms with Crippen molar-refractivity contribution in [3.05, 3.63) is 48.5 Å². The minimum absolute atomic E-state index is 0.177. The summed E-state index contributed by atoms with van der Waals surface area (Å²) in [6.45, 7) is 2.20. The fourth-order valence-electron chi connectivity index (χ4n) is 1.64. The molecule has 0 radical (unpaired) electrons. The van der Waals surface area contributed by atoms with Gasteiger partial charge in [0, 0.05) is 23.4 Å².